The molecule has 6 heteroatoms. The van der Waals surface area contributed by atoms with Crippen LogP contribution in [-0.4, -0.2) is 49.0 Å². The Morgan fingerprint density at radius 2 is 1.88 bits per heavy atom. The number of carbonyl (C=O) groups is 2. The topological polar surface area (TPSA) is 61.9 Å². The molecule has 1 N–H and O–H groups in total. The van der Waals surface area contributed by atoms with Crippen LogP contribution in [0, 0.1) is 6.92 Å². The van der Waals surface area contributed by atoms with Crippen molar-refractivity contribution in [1.29, 1.82) is 0 Å². The molecular formula is C26H35N3O3. The Morgan fingerprint density at radius 3 is 2.56 bits per heavy atom. The number of aryl methyl sites for hydroxylation is 1. The van der Waals surface area contributed by atoms with Crippen LogP contribution in [0.1, 0.15) is 55.1 Å². The highest BCUT2D eigenvalue weighted by atomic mass is 16.5. The van der Waals surface area contributed by atoms with Crippen molar-refractivity contribution < 1.29 is 14.3 Å². The molecule has 0 aliphatic carbocycles. The van der Waals surface area contributed by atoms with Gasteiger partial charge in [-0.15, -0.1) is 0 Å². The molecule has 172 valence electrons. The molecule has 0 bridgehead atoms. The molecular weight excluding hydrogens is 402 g/mol. The molecule has 32 heavy (non-hydrogen) atoms. The highest BCUT2D eigenvalue weighted by Gasteiger charge is 2.25. The average molecular weight is 438 g/mol. The molecule has 6 nitrogen and oxygen atoms in total. The predicted molar refractivity (Wildman–Crippen MR) is 128 cm³/mol. The van der Waals surface area contributed by atoms with E-state index < -0.39 is 0 Å². The number of rotatable bonds is 10. The summed E-state index contributed by atoms with van der Waals surface area (Å²) in [4.78, 5) is 29.2. The molecule has 1 atom stereocenters. The lowest BCUT2D eigenvalue weighted by atomic mass is 10.1. The summed E-state index contributed by atoms with van der Waals surface area (Å²) in [5, 5.41) is 3.09. The first-order chi connectivity index (χ1) is 15.4. The summed E-state index contributed by atoms with van der Waals surface area (Å²) in [5.74, 6) is 0.597. The summed E-state index contributed by atoms with van der Waals surface area (Å²) in [6, 6.07) is 13.5. The molecule has 1 aliphatic rings. The van der Waals surface area contributed by atoms with Crippen LogP contribution >= 0.6 is 0 Å². The first-order valence-electron chi connectivity index (χ1n) is 11.6. The number of carbonyl (C=O) groups excluding carboxylic acids is 2. The third kappa shape index (κ3) is 6.10. The lowest BCUT2D eigenvalue weighted by molar-refractivity contribution is -0.121. The van der Waals surface area contributed by atoms with Gasteiger partial charge < -0.3 is 19.9 Å². The van der Waals surface area contributed by atoms with E-state index in [1.807, 2.05) is 49.4 Å². The molecule has 0 aromatic heterocycles. The number of ether oxygens (including phenoxy) is 1. The number of anilines is 1. The van der Waals surface area contributed by atoms with E-state index in [0.29, 0.717) is 12.1 Å². The van der Waals surface area contributed by atoms with Gasteiger partial charge in [-0.05, 0) is 81.7 Å². The molecule has 1 unspecified atom stereocenters. The van der Waals surface area contributed by atoms with Crippen molar-refractivity contribution in [2.75, 3.05) is 31.1 Å². The highest BCUT2D eigenvalue weighted by molar-refractivity contribution is 5.98. The number of hydrogen-bond donors (Lipinski definition) is 1. The molecule has 2 aromatic rings. The van der Waals surface area contributed by atoms with Gasteiger partial charge in [0.2, 0.25) is 0 Å². The number of benzene rings is 2. The smallest absolute Gasteiger partial charge is 0.265 e. The van der Waals surface area contributed by atoms with Crippen LogP contribution in [0.4, 0.5) is 5.69 Å². The lowest BCUT2D eigenvalue weighted by Gasteiger charge is -2.29. The van der Waals surface area contributed by atoms with Crippen molar-refractivity contribution in [2.24, 2.45) is 0 Å². The van der Waals surface area contributed by atoms with Gasteiger partial charge in [0, 0.05) is 11.6 Å². The van der Waals surface area contributed by atoms with Gasteiger partial charge in [-0.25, -0.2) is 0 Å². The van der Waals surface area contributed by atoms with Gasteiger partial charge in [0.25, 0.3) is 11.8 Å². The second-order valence-electron chi connectivity index (χ2n) is 8.48. The molecule has 0 saturated carbocycles. The van der Waals surface area contributed by atoms with Crippen molar-refractivity contribution in [3.8, 4) is 5.75 Å². The minimum atomic E-state index is -0.0662. The Labute approximate surface area is 191 Å². The molecule has 1 aliphatic heterocycles. The molecule has 0 radical (unpaired) electrons. The minimum absolute atomic E-state index is 0.0444. The summed E-state index contributed by atoms with van der Waals surface area (Å²) in [6.45, 7) is 12.1. The first kappa shape index (κ1) is 23.8. The van der Waals surface area contributed by atoms with E-state index in [-0.39, 0.29) is 24.5 Å². The van der Waals surface area contributed by atoms with Crippen LogP contribution in [0.25, 0.3) is 0 Å². The quantitative estimate of drug-likeness (QED) is 0.606. The fourth-order valence-electron chi connectivity index (χ4n) is 3.97. The van der Waals surface area contributed by atoms with E-state index in [1.165, 1.54) is 0 Å². The summed E-state index contributed by atoms with van der Waals surface area (Å²) < 4.78 is 5.55. The van der Waals surface area contributed by atoms with E-state index in [2.05, 4.69) is 31.0 Å². The minimum Gasteiger partial charge on any atom is -0.482 e. The van der Waals surface area contributed by atoms with E-state index in [9.17, 15) is 9.59 Å². The highest BCUT2D eigenvalue weighted by Crippen LogP contribution is 2.33. The van der Waals surface area contributed by atoms with Crippen molar-refractivity contribution in [3.63, 3.8) is 0 Å². The third-order valence-corrected chi connectivity index (χ3v) is 6.00. The van der Waals surface area contributed by atoms with Gasteiger partial charge in [-0.2, -0.15) is 0 Å². The Hall–Kier alpha value is -2.86. The van der Waals surface area contributed by atoms with E-state index in [1.54, 1.807) is 4.90 Å². The molecule has 3 rings (SSSR count). The van der Waals surface area contributed by atoms with Crippen LogP contribution in [-0.2, 0) is 11.3 Å². The molecule has 2 amide bonds. The molecule has 0 spiro atoms. The monoisotopic (exact) mass is 437 g/mol. The number of hydrogen-bond acceptors (Lipinski definition) is 4. The fourth-order valence-corrected chi connectivity index (χ4v) is 3.97. The van der Waals surface area contributed by atoms with Crippen molar-refractivity contribution in [3.05, 3.63) is 59.2 Å². The molecule has 1 heterocycles. The summed E-state index contributed by atoms with van der Waals surface area (Å²) in [5.41, 5.74) is 3.47. The fraction of sp³-hybridized carbons (Fsp3) is 0.462. The van der Waals surface area contributed by atoms with Crippen LogP contribution in [0.2, 0.25) is 0 Å². The van der Waals surface area contributed by atoms with Crippen LogP contribution in [0.5, 0.6) is 5.75 Å². The maximum absolute atomic E-state index is 12.6. The Bertz CT molecular complexity index is 922. The Morgan fingerprint density at radius 1 is 1.16 bits per heavy atom. The second-order valence-corrected chi connectivity index (χ2v) is 8.48. The van der Waals surface area contributed by atoms with Crippen LogP contribution in [0.3, 0.4) is 0 Å². The normalized spacial score (nSPS) is 14.2. The second kappa shape index (κ2) is 11.1. The maximum atomic E-state index is 12.6. The standard InChI is InChI=1S/C26H35N3O3/c1-5-28(6-2)15-7-8-20(4)27-26(31)22-12-10-21(11-13-22)17-29-23-16-19(3)9-14-24(23)32-18-25(29)30/h9-14,16,20H,5-8,15,17-18H2,1-4H3,(H,27,31). The largest absolute Gasteiger partial charge is 0.482 e. The lowest BCUT2D eigenvalue weighted by Crippen LogP contribution is -2.38. The number of amides is 2. The zero-order valence-corrected chi connectivity index (χ0v) is 19.7. The number of fused-ring (bicyclic) bond motifs is 1. The van der Waals surface area contributed by atoms with E-state index in [4.69, 9.17) is 4.74 Å². The van der Waals surface area contributed by atoms with Gasteiger partial charge >= 0.3 is 0 Å². The van der Waals surface area contributed by atoms with E-state index in [0.717, 1.165) is 55.0 Å². The SMILES string of the molecule is CCN(CC)CCCC(C)NC(=O)c1ccc(CN2C(=O)COc3ccc(C)cc32)cc1. The summed E-state index contributed by atoms with van der Waals surface area (Å²) in [6.07, 6.45) is 2.02. The summed E-state index contributed by atoms with van der Waals surface area (Å²) in [7, 11) is 0. The van der Waals surface area contributed by atoms with Crippen molar-refractivity contribution in [2.45, 2.75) is 53.1 Å². The summed E-state index contributed by atoms with van der Waals surface area (Å²) >= 11 is 0. The zero-order chi connectivity index (χ0) is 23.1. The van der Waals surface area contributed by atoms with Gasteiger partial charge in [0.05, 0.1) is 12.2 Å². The maximum Gasteiger partial charge on any atom is 0.265 e. The third-order valence-electron chi connectivity index (χ3n) is 6.00. The molecule has 0 saturated heterocycles. The van der Waals surface area contributed by atoms with Gasteiger partial charge in [0.1, 0.15) is 5.75 Å². The molecule has 2 aromatic carbocycles. The van der Waals surface area contributed by atoms with Gasteiger partial charge in [0.15, 0.2) is 6.61 Å². The number of nitrogens with zero attached hydrogens (tertiary/aromatic N) is 2. The van der Waals surface area contributed by atoms with E-state index >= 15 is 0 Å². The van der Waals surface area contributed by atoms with Crippen molar-refractivity contribution >= 4 is 17.5 Å². The van der Waals surface area contributed by atoms with Gasteiger partial charge in [-0.3, -0.25) is 9.59 Å². The Kier molecular flexibility index (Phi) is 8.28. The van der Waals surface area contributed by atoms with Gasteiger partial charge in [-0.1, -0.05) is 32.0 Å². The zero-order valence-electron chi connectivity index (χ0n) is 19.7. The van der Waals surface area contributed by atoms with Crippen LogP contribution < -0.4 is 15.0 Å². The average Bonchev–Trinajstić information content (AvgIpc) is 2.79. The predicted octanol–water partition coefficient (Wildman–Crippen LogP) is 4.16. The molecule has 0 fully saturated rings. The first-order valence-corrected chi connectivity index (χ1v) is 11.6. The van der Waals surface area contributed by atoms with Crippen molar-refractivity contribution in [1.82, 2.24) is 10.2 Å². The number of nitrogens with one attached hydrogen (secondary N) is 1. The van der Waals surface area contributed by atoms with Crippen LogP contribution in [0.15, 0.2) is 42.5 Å². The Balaban J connectivity index is 1.57.